The summed E-state index contributed by atoms with van der Waals surface area (Å²) >= 11 is 0. The summed E-state index contributed by atoms with van der Waals surface area (Å²) in [5.41, 5.74) is 0. The first-order valence-electron chi connectivity index (χ1n) is 2.77. The Labute approximate surface area is 103 Å². The van der Waals surface area contributed by atoms with Crippen molar-refractivity contribution in [2.24, 2.45) is 0 Å². The average Bonchev–Trinajstić information content (AvgIpc) is 1.88. The maximum absolute atomic E-state index is 5.01. The van der Waals surface area contributed by atoms with Crippen LogP contribution < -0.4 is 0 Å². The van der Waals surface area contributed by atoms with E-state index in [2.05, 4.69) is 6.92 Å². The third kappa shape index (κ3) is 25.9. The number of hydrogen-bond donors (Lipinski definition) is 0. The predicted octanol–water partition coefficient (Wildman–Crippen LogP) is 0.566. The van der Waals surface area contributed by atoms with Crippen LogP contribution in [0.4, 0.5) is 0 Å². The summed E-state index contributed by atoms with van der Waals surface area (Å²) in [5.74, 6) is 0. The van der Waals surface area contributed by atoms with Crippen LogP contribution in [0.3, 0.4) is 0 Å². The van der Waals surface area contributed by atoms with Crippen molar-refractivity contribution in [3.63, 3.8) is 0 Å². The van der Waals surface area contributed by atoms with Crippen LogP contribution in [0.2, 0.25) is 13.1 Å². The molecule has 0 aromatic rings. The average molecular weight is 241 g/mol. The van der Waals surface area contributed by atoms with Crippen LogP contribution in [0.5, 0.6) is 0 Å². The minimum absolute atomic E-state index is 0. The van der Waals surface area contributed by atoms with E-state index in [1.54, 1.807) is 14.1 Å². The van der Waals surface area contributed by atoms with Crippen LogP contribution >= 0.6 is 0 Å². The monoisotopic (exact) mass is 242 g/mol. The first kappa shape index (κ1) is 17.0. The van der Waals surface area contributed by atoms with Gasteiger partial charge in [-0.1, -0.05) is 6.82 Å². The van der Waals surface area contributed by atoms with E-state index in [0.29, 0.717) is 0 Å². The van der Waals surface area contributed by atoms with Gasteiger partial charge in [0, 0.05) is 0 Å². The normalized spacial score (nSPS) is 5.67. The molecule has 0 nitrogen and oxygen atoms in total. The molecule has 0 N–H and O–H groups in total. The molecule has 0 aromatic heterocycles. The van der Waals surface area contributed by atoms with Gasteiger partial charge in [-0.2, -0.15) is 6.92 Å². The van der Waals surface area contributed by atoms with Gasteiger partial charge in [0.2, 0.25) is 0 Å². The van der Waals surface area contributed by atoms with Crippen molar-refractivity contribution in [3.8, 4) is 0 Å². The zero-order chi connectivity index (χ0) is 6.83. The van der Waals surface area contributed by atoms with Crippen LogP contribution in [0.1, 0.15) is 6.92 Å². The van der Waals surface area contributed by atoms with Crippen molar-refractivity contribution < 1.29 is 0 Å². The van der Waals surface area contributed by atoms with E-state index in [0.717, 1.165) is 6.32 Å². The Morgan fingerprint density at radius 3 is 2.11 bits per heavy atom. The first-order chi connectivity index (χ1) is 3.91. The van der Waals surface area contributed by atoms with Crippen LogP contribution in [-0.2, 0) is 0 Å². The van der Waals surface area contributed by atoms with Gasteiger partial charge in [-0.3, -0.25) is 0 Å². The summed E-state index contributed by atoms with van der Waals surface area (Å²) in [4.78, 5) is 0. The van der Waals surface area contributed by atoms with Gasteiger partial charge in [0.15, 0.2) is 0 Å². The molecule has 4 heteroatoms. The molecule has 0 bridgehead atoms. The van der Waals surface area contributed by atoms with Crippen LogP contribution in [0, 0.1) is 13.2 Å². The fourth-order valence-corrected chi connectivity index (χ4v) is 0.215. The zero-order valence-corrected chi connectivity index (χ0v) is 10.9. The molecule has 0 fully saturated rings. The second-order valence-electron chi connectivity index (χ2n) is 1.07. The first-order valence-corrected chi connectivity index (χ1v) is 2.77. The van der Waals surface area contributed by atoms with Crippen molar-refractivity contribution in [3.05, 3.63) is 13.2 Å². The van der Waals surface area contributed by atoms with Crippen LogP contribution in [-0.4, -0.2) is 71.1 Å². The summed E-state index contributed by atoms with van der Waals surface area (Å²) in [6.45, 7) is 7.00. The van der Waals surface area contributed by atoms with E-state index in [9.17, 15) is 0 Å². The number of rotatable bonds is 3. The molecule has 0 saturated heterocycles. The Morgan fingerprint density at radius 1 is 1.56 bits per heavy atom. The minimum Gasteiger partial charge on any atom is -0.373 e. The topological polar surface area (TPSA) is 0 Å². The molecule has 0 aliphatic heterocycles. The Morgan fingerprint density at radius 2 is 2.00 bits per heavy atom. The maximum atomic E-state index is 5.01. The third-order valence-electron chi connectivity index (χ3n) is 0.508. The summed E-state index contributed by atoms with van der Waals surface area (Å²) in [6.07, 6.45) is 2.89. The molecule has 0 aliphatic rings. The molecular formula is C5H11B3Ba. The van der Waals surface area contributed by atoms with E-state index in [1.165, 1.54) is 0 Å². The van der Waals surface area contributed by atoms with Gasteiger partial charge < -0.3 is 13.2 Å². The van der Waals surface area contributed by atoms with Crippen molar-refractivity contribution in [1.29, 1.82) is 0 Å². The number of hydrogen-bond acceptors (Lipinski definition) is 0. The largest absolute Gasteiger partial charge is 2.00 e. The van der Waals surface area contributed by atoms with Crippen molar-refractivity contribution in [2.45, 2.75) is 20.1 Å². The minimum atomic E-state index is 0. The molecule has 0 heterocycles. The van der Waals surface area contributed by atoms with Crippen LogP contribution in [0.25, 0.3) is 0 Å². The smallest absolute Gasteiger partial charge is 0.373 e. The maximum Gasteiger partial charge on any atom is 2.00 e. The molecule has 0 saturated carbocycles. The molecule has 9 heavy (non-hydrogen) atoms. The zero-order valence-electron chi connectivity index (χ0n) is 6.43. The van der Waals surface area contributed by atoms with Crippen molar-refractivity contribution >= 4 is 71.1 Å². The summed E-state index contributed by atoms with van der Waals surface area (Å²) in [6, 6.07) is 0. The quantitative estimate of drug-likeness (QED) is 0.385. The van der Waals surface area contributed by atoms with Gasteiger partial charge in [-0.05, 0) is 7.74 Å². The second kappa shape index (κ2) is 22.6. The van der Waals surface area contributed by atoms with Crippen LogP contribution in [0.15, 0.2) is 0 Å². The van der Waals surface area contributed by atoms with Crippen molar-refractivity contribution in [1.82, 2.24) is 0 Å². The molecule has 0 atom stereocenters. The molecular weight excluding hydrogens is 230 g/mol. The van der Waals surface area contributed by atoms with E-state index < -0.39 is 0 Å². The second-order valence-corrected chi connectivity index (χ2v) is 1.07. The Hall–Kier alpha value is 1.77. The van der Waals surface area contributed by atoms with Gasteiger partial charge in [0.25, 0.3) is 0 Å². The van der Waals surface area contributed by atoms with Crippen molar-refractivity contribution in [2.75, 3.05) is 0 Å². The fraction of sp³-hybridized carbons (Fsp3) is 0.600. The third-order valence-corrected chi connectivity index (χ3v) is 0.508. The molecule has 0 unspecified atom stereocenters. The Balaban J connectivity index is -0.000000109. The molecule has 0 aliphatic carbocycles. The van der Waals surface area contributed by atoms with E-state index in [1.807, 2.05) is 20.4 Å². The summed E-state index contributed by atoms with van der Waals surface area (Å²) in [5, 5.41) is 0. The van der Waals surface area contributed by atoms with E-state index in [-0.39, 0.29) is 48.9 Å². The summed E-state index contributed by atoms with van der Waals surface area (Å²) < 4.78 is 0. The van der Waals surface area contributed by atoms with Gasteiger partial charge >= 0.3 is 48.9 Å². The Bertz CT molecular complexity index is 24.2. The van der Waals surface area contributed by atoms with Gasteiger partial charge in [-0.25, -0.2) is 6.32 Å². The SMILES string of the molecule is [B][B][CH-]C[B]C.[Ba+2].[CH2-]C. The predicted molar refractivity (Wildman–Crippen MR) is 49.0 cm³/mol. The summed E-state index contributed by atoms with van der Waals surface area (Å²) in [7, 11) is 8.61. The molecule has 0 rings (SSSR count). The standard InChI is InChI=1S/C3H6B3.C2H5.Ba/c1-5-2-3-6-4;1-2;/h3H,2H2,1H3;1H2,2H3;/q2*-1;+2. The fourth-order valence-electron chi connectivity index (χ4n) is 0.215. The van der Waals surface area contributed by atoms with E-state index in [4.69, 9.17) is 7.74 Å². The molecule has 4 radical (unpaired) electrons. The molecule has 0 spiro atoms. The van der Waals surface area contributed by atoms with E-state index >= 15 is 0 Å². The molecule has 42 valence electrons. The Kier molecular flexibility index (Phi) is 42.7. The van der Waals surface area contributed by atoms with Gasteiger partial charge in [-0.15, -0.1) is 7.17 Å². The molecule has 0 aromatic carbocycles. The molecule has 0 amide bonds. The van der Waals surface area contributed by atoms with Gasteiger partial charge in [0.05, 0.1) is 7.28 Å². The van der Waals surface area contributed by atoms with Gasteiger partial charge in [0.1, 0.15) is 0 Å².